The Kier molecular flexibility index (Phi) is 8.65. The third-order valence-corrected chi connectivity index (χ3v) is 12.6. The molecule has 0 radical (unpaired) electrons. The maximum Gasteiger partial charge on any atom is 0.417 e. The molecule has 0 aliphatic heterocycles. The van der Waals surface area contributed by atoms with E-state index in [0.717, 1.165) is 55.3 Å². The molecule has 11 aromatic rings. The first-order valence-corrected chi connectivity index (χ1v) is 20.7. The summed E-state index contributed by atoms with van der Waals surface area (Å²) >= 11 is 1.77. The molecule has 3 aromatic heterocycles. The van der Waals surface area contributed by atoms with Gasteiger partial charge in [-0.15, -0.1) is 11.3 Å². The van der Waals surface area contributed by atoms with Crippen molar-refractivity contribution >= 4 is 53.3 Å². The van der Waals surface area contributed by atoms with Gasteiger partial charge in [0.05, 0.1) is 22.3 Å². The monoisotopic (exact) mass is 814 g/mol. The van der Waals surface area contributed by atoms with Gasteiger partial charge in [0, 0.05) is 47.6 Å². The van der Waals surface area contributed by atoms with Crippen LogP contribution in [0.25, 0.3) is 104 Å². The Bertz CT molecular complexity index is 3420. The molecule has 0 aliphatic rings. The number of aryl methyl sites for hydroxylation is 1. The molecule has 4 nitrogen and oxygen atoms in total. The fourth-order valence-corrected chi connectivity index (χ4v) is 9.76. The summed E-state index contributed by atoms with van der Waals surface area (Å²) in [7, 11) is 0. The minimum absolute atomic E-state index is 0.126. The van der Waals surface area contributed by atoms with Gasteiger partial charge < -0.3 is 4.57 Å². The molecule has 11 rings (SSSR count). The standard InChI is InChI=1S/C53H33F3N4S/c1-32-23-26-37(44(29-32)53(54,55)56)36-24-27-40-39-17-8-10-21-45(39)60(47(40)31-36)46-28-25-35(38-19-12-20-42-41-18-9-11-22-48(41)61-49(38)42)30-43(46)52-58-50(33-13-4-2-5-14-33)57-51(59-52)34-15-6-3-7-16-34/h2-31H,1H3. The van der Waals surface area contributed by atoms with Crippen molar-refractivity contribution < 1.29 is 13.2 Å². The first-order chi connectivity index (χ1) is 29.8. The number of aromatic nitrogens is 4. The van der Waals surface area contributed by atoms with Crippen LogP contribution in [0.5, 0.6) is 0 Å². The minimum Gasteiger partial charge on any atom is -0.308 e. The van der Waals surface area contributed by atoms with Crippen LogP contribution in [0.4, 0.5) is 13.2 Å². The number of rotatable bonds is 6. The van der Waals surface area contributed by atoms with Gasteiger partial charge in [0.1, 0.15) is 0 Å². The van der Waals surface area contributed by atoms with Crippen LogP contribution in [-0.4, -0.2) is 19.5 Å². The molecule has 0 bridgehead atoms. The van der Waals surface area contributed by atoms with Crippen LogP contribution >= 0.6 is 11.3 Å². The lowest BCUT2D eigenvalue weighted by Gasteiger charge is -2.17. The minimum atomic E-state index is -4.53. The third-order valence-electron chi connectivity index (χ3n) is 11.4. The molecule has 0 spiro atoms. The fraction of sp³-hybridized carbons (Fsp3) is 0.0377. The summed E-state index contributed by atoms with van der Waals surface area (Å²) in [6.45, 7) is 1.68. The fourth-order valence-electron chi connectivity index (χ4n) is 8.52. The van der Waals surface area contributed by atoms with Crippen LogP contribution in [0, 0.1) is 6.92 Å². The van der Waals surface area contributed by atoms with Crippen molar-refractivity contribution in [3.05, 3.63) is 193 Å². The Morgan fingerprint density at radius 1 is 0.443 bits per heavy atom. The van der Waals surface area contributed by atoms with Crippen LogP contribution in [0.1, 0.15) is 11.1 Å². The molecule has 0 N–H and O–H groups in total. The van der Waals surface area contributed by atoms with Crippen LogP contribution < -0.4 is 0 Å². The first kappa shape index (κ1) is 36.6. The van der Waals surface area contributed by atoms with Crippen molar-refractivity contribution in [3.63, 3.8) is 0 Å². The second kappa shape index (κ2) is 14.4. The zero-order valence-corrected chi connectivity index (χ0v) is 33.5. The number of hydrogen-bond donors (Lipinski definition) is 0. The zero-order chi connectivity index (χ0) is 41.2. The van der Waals surface area contributed by atoms with Gasteiger partial charge in [0.25, 0.3) is 0 Å². The molecule has 0 amide bonds. The molecule has 0 saturated heterocycles. The first-order valence-electron chi connectivity index (χ1n) is 19.9. The van der Waals surface area contributed by atoms with Crippen molar-refractivity contribution in [1.82, 2.24) is 19.5 Å². The summed E-state index contributed by atoms with van der Waals surface area (Å²) in [5.41, 5.74) is 7.40. The lowest BCUT2D eigenvalue weighted by molar-refractivity contribution is -0.137. The summed E-state index contributed by atoms with van der Waals surface area (Å²) in [5.74, 6) is 1.51. The Labute approximate surface area is 352 Å². The van der Waals surface area contributed by atoms with E-state index < -0.39 is 11.7 Å². The molecular formula is C53H33F3N4S. The smallest absolute Gasteiger partial charge is 0.308 e. The molecule has 8 aromatic carbocycles. The SMILES string of the molecule is Cc1ccc(-c2ccc3c4ccccc4n(-c4ccc(-c5cccc6c5sc5ccccc56)cc4-c4nc(-c5ccccc5)nc(-c5ccccc5)n4)c3c2)c(C(F)(F)F)c1. The number of halogens is 3. The van der Waals surface area contributed by atoms with Gasteiger partial charge in [0.2, 0.25) is 0 Å². The number of para-hydroxylation sites is 1. The van der Waals surface area contributed by atoms with Crippen molar-refractivity contribution in [2.75, 3.05) is 0 Å². The molecule has 0 fully saturated rings. The largest absolute Gasteiger partial charge is 0.417 e. The number of hydrogen-bond acceptors (Lipinski definition) is 4. The van der Waals surface area contributed by atoms with Crippen LogP contribution in [0.3, 0.4) is 0 Å². The predicted molar refractivity (Wildman–Crippen MR) is 244 cm³/mol. The van der Waals surface area contributed by atoms with E-state index in [1.165, 1.54) is 26.2 Å². The molecule has 0 saturated carbocycles. The molecule has 292 valence electrons. The summed E-state index contributed by atoms with van der Waals surface area (Å²) in [5, 5.41) is 4.28. The highest BCUT2D eigenvalue weighted by Crippen LogP contribution is 2.44. The topological polar surface area (TPSA) is 43.6 Å². The third kappa shape index (κ3) is 6.35. The van der Waals surface area contributed by atoms with E-state index >= 15 is 0 Å². The molecule has 61 heavy (non-hydrogen) atoms. The highest BCUT2D eigenvalue weighted by Gasteiger charge is 2.34. The quantitative estimate of drug-likeness (QED) is 0.168. The van der Waals surface area contributed by atoms with E-state index in [4.69, 9.17) is 15.0 Å². The second-order valence-corrected chi connectivity index (χ2v) is 16.2. The van der Waals surface area contributed by atoms with Gasteiger partial charge in [-0.25, -0.2) is 15.0 Å². The van der Waals surface area contributed by atoms with E-state index in [1.807, 2.05) is 84.9 Å². The zero-order valence-electron chi connectivity index (χ0n) is 32.7. The van der Waals surface area contributed by atoms with Crippen LogP contribution in [0.15, 0.2) is 182 Å². The predicted octanol–water partition coefficient (Wildman–Crippen LogP) is 15.0. The Morgan fingerprint density at radius 2 is 1.05 bits per heavy atom. The Morgan fingerprint density at radius 3 is 1.79 bits per heavy atom. The van der Waals surface area contributed by atoms with Gasteiger partial charge in [-0.2, -0.15) is 13.2 Å². The summed E-state index contributed by atoms with van der Waals surface area (Å²) in [6.07, 6.45) is -4.53. The molecule has 3 heterocycles. The van der Waals surface area contributed by atoms with Crippen molar-refractivity contribution in [2.24, 2.45) is 0 Å². The molecule has 0 aliphatic carbocycles. The average Bonchev–Trinajstić information content (AvgIpc) is 3.84. The van der Waals surface area contributed by atoms with Gasteiger partial charge in [0.15, 0.2) is 17.5 Å². The molecule has 0 atom stereocenters. The Hall–Kier alpha value is -7.42. The molecule has 0 unspecified atom stereocenters. The van der Waals surface area contributed by atoms with Crippen LogP contribution in [-0.2, 0) is 6.18 Å². The van der Waals surface area contributed by atoms with Gasteiger partial charge in [-0.05, 0) is 65.6 Å². The highest BCUT2D eigenvalue weighted by atomic mass is 32.1. The molecular weight excluding hydrogens is 782 g/mol. The van der Waals surface area contributed by atoms with E-state index in [2.05, 4.69) is 77.4 Å². The van der Waals surface area contributed by atoms with Gasteiger partial charge >= 0.3 is 6.18 Å². The van der Waals surface area contributed by atoms with Crippen molar-refractivity contribution in [1.29, 1.82) is 0 Å². The summed E-state index contributed by atoms with van der Waals surface area (Å²) in [6, 6.07) is 59.2. The maximum atomic E-state index is 14.6. The number of thiophene rings is 1. The van der Waals surface area contributed by atoms with E-state index in [0.29, 0.717) is 28.6 Å². The number of alkyl halides is 3. The normalized spacial score (nSPS) is 11.9. The average molecular weight is 815 g/mol. The number of benzene rings is 8. The van der Waals surface area contributed by atoms with Crippen molar-refractivity contribution in [2.45, 2.75) is 13.1 Å². The van der Waals surface area contributed by atoms with Crippen molar-refractivity contribution in [3.8, 4) is 62.1 Å². The van der Waals surface area contributed by atoms with E-state index in [9.17, 15) is 13.2 Å². The van der Waals surface area contributed by atoms with Gasteiger partial charge in [-0.1, -0.05) is 151 Å². The lowest BCUT2D eigenvalue weighted by atomic mass is 9.96. The Balaban J connectivity index is 1.22. The molecule has 8 heteroatoms. The number of nitrogens with zero attached hydrogens (tertiary/aromatic N) is 4. The summed E-state index contributed by atoms with van der Waals surface area (Å²) in [4.78, 5) is 15.4. The van der Waals surface area contributed by atoms with E-state index in [-0.39, 0.29) is 5.56 Å². The van der Waals surface area contributed by atoms with Gasteiger partial charge in [-0.3, -0.25) is 0 Å². The van der Waals surface area contributed by atoms with Crippen LogP contribution in [0.2, 0.25) is 0 Å². The lowest BCUT2D eigenvalue weighted by Crippen LogP contribution is -2.07. The summed E-state index contributed by atoms with van der Waals surface area (Å²) < 4.78 is 48.3. The number of fused-ring (bicyclic) bond motifs is 6. The second-order valence-electron chi connectivity index (χ2n) is 15.2. The maximum absolute atomic E-state index is 14.6. The highest BCUT2D eigenvalue weighted by molar-refractivity contribution is 7.26. The van der Waals surface area contributed by atoms with E-state index in [1.54, 1.807) is 36.5 Å².